The molecule has 7 heteroatoms. The Balaban J connectivity index is 2.16. The Morgan fingerprint density at radius 1 is 1.22 bits per heavy atom. The molecule has 0 unspecified atom stereocenters. The summed E-state index contributed by atoms with van der Waals surface area (Å²) in [5, 5.41) is 0. The van der Waals surface area contributed by atoms with Crippen molar-refractivity contribution in [1.29, 1.82) is 0 Å². The lowest BCUT2D eigenvalue weighted by Gasteiger charge is -2.13. The van der Waals surface area contributed by atoms with Crippen molar-refractivity contribution in [3.8, 4) is 5.75 Å². The SMILES string of the molecule is COc1ccc(S(=O)(=O)NCc2ccnc(N(C)C)c2)cc1C. The minimum atomic E-state index is -3.58. The molecule has 1 aromatic carbocycles. The fraction of sp³-hybridized carbons (Fsp3) is 0.312. The van der Waals surface area contributed by atoms with Gasteiger partial charge in [0.1, 0.15) is 11.6 Å². The third-order valence-electron chi connectivity index (χ3n) is 3.41. The average molecular weight is 335 g/mol. The molecule has 0 atom stereocenters. The minimum Gasteiger partial charge on any atom is -0.496 e. The third kappa shape index (κ3) is 4.20. The topological polar surface area (TPSA) is 71.5 Å². The predicted octanol–water partition coefficient (Wildman–Crippen LogP) is 1.94. The fourth-order valence-electron chi connectivity index (χ4n) is 2.09. The van der Waals surface area contributed by atoms with Gasteiger partial charge in [0.05, 0.1) is 12.0 Å². The molecule has 1 aromatic heterocycles. The molecule has 2 rings (SSSR count). The summed E-state index contributed by atoms with van der Waals surface area (Å²) in [6, 6.07) is 8.42. The van der Waals surface area contributed by atoms with Crippen molar-refractivity contribution in [2.24, 2.45) is 0 Å². The zero-order chi connectivity index (χ0) is 17.0. The van der Waals surface area contributed by atoms with Crippen molar-refractivity contribution in [3.05, 3.63) is 47.7 Å². The second kappa shape index (κ2) is 6.97. The first-order valence-corrected chi connectivity index (χ1v) is 8.58. The molecule has 0 aliphatic heterocycles. The van der Waals surface area contributed by atoms with E-state index in [4.69, 9.17) is 4.74 Å². The van der Waals surface area contributed by atoms with Gasteiger partial charge in [-0.15, -0.1) is 0 Å². The van der Waals surface area contributed by atoms with Gasteiger partial charge in [0, 0.05) is 26.8 Å². The van der Waals surface area contributed by atoms with Crippen molar-refractivity contribution >= 4 is 15.8 Å². The lowest BCUT2D eigenvalue weighted by atomic mass is 10.2. The van der Waals surface area contributed by atoms with Gasteiger partial charge in [-0.2, -0.15) is 0 Å². The number of pyridine rings is 1. The molecule has 2 aromatic rings. The molecular weight excluding hydrogens is 314 g/mol. The number of benzene rings is 1. The van der Waals surface area contributed by atoms with E-state index in [1.807, 2.05) is 32.0 Å². The number of rotatable bonds is 6. The number of nitrogens with zero attached hydrogens (tertiary/aromatic N) is 2. The molecule has 124 valence electrons. The van der Waals surface area contributed by atoms with Crippen LogP contribution in [0.4, 0.5) is 5.82 Å². The number of aromatic nitrogens is 1. The summed E-state index contributed by atoms with van der Waals surface area (Å²) in [5.74, 6) is 1.44. The van der Waals surface area contributed by atoms with Crippen LogP contribution in [0.5, 0.6) is 5.75 Å². The van der Waals surface area contributed by atoms with E-state index in [1.54, 1.807) is 31.5 Å². The van der Waals surface area contributed by atoms with Crippen molar-refractivity contribution in [2.75, 3.05) is 26.1 Å². The zero-order valence-corrected chi connectivity index (χ0v) is 14.5. The number of sulfonamides is 1. The molecule has 0 radical (unpaired) electrons. The maximum absolute atomic E-state index is 12.4. The lowest BCUT2D eigenvalue weighted by molar-refractivity contribution is 0.411. The van der Waals surface area contributed by atoms with E-state index in [1.165, 1.54) is 6.07 Å². The number of aryl methyl sites for hydroxylation is 1. The Morgan fingerprint density at radius 2 is 1.96 bits per heavy atom. The molecule has 0 aliphatic rings. The number of nitrogens with one attached hydrogen (secondary N) is 1. The smallest absolute Gasteiger partial charge is 0.240 e. The van der Waals surface area contributed by atoms with Crippen molar-refractivity contribution in [1.82, 2.24) is 9.71 Å². The van der Waals surface area contributed by atoms with Crippen molar-refractivity contribution in [3.63, 3.8) is 0 Å². The van der Waals surface area contributed by atoms with Crippen LogP contribution in [0.1, 0.15) is 11.1 Å². The van der Waals surface area contributed by atoms with Crippen LogP contribution in [0.3, 0.4) is 0 Å². The van der Waals surface area contributed by atoms with Crippen LogP contribution in [-0.2, 0) is 16.6 Å². The van der Waals surface area contributed by atoms with Crippen molar-refractivity contribution in [2.45, 2.75) is 18.4 Å². The summed E-state index contributed by atoms with van der Waals surface area (Å²) in [6.07, 6.45) is 1.66. The molecule has 1 N–H and O–H groups in total. The highest BCUT2D eigenvalue weighted by atomic mass is 32.2. The highest BCUT2D eigenvalue weighted by Crippen LogP contribution is 2.21. The van der Waals surface area contributed by atoms with Gasteiger partial charge in [0.2, 0.25) is 10.0 Å². The number of hydrogen-bond donors (Lipinski definition) is 1. The lowest BCUT2D eigenvalue weighted by Crippen LogP contribution is -2.23. The highest BCUT2D eigenvalue weighted by molar-refractivity contribution is 7.89. The summed E-state index contributed by atoms with van der Waals surface area (Å²) in [4.78, 5) is 6.29. The maximum atomic E-state index is 12.4. The minimum absolute atomic E-state index is 0.205. The van der Waals surface area contributed by atoms with Gasteiger partial charge in [-0.1, -0.05) is 0 Å². The van der Waals surface area contributed by atoms with E-state index in [-0.39, 0.29) is 11.4 Å². The molecule has 0 aliphatic carbocycles. The summed E-state index contributed by atoms with van der Waals surface area (Å²) in [6.45, 7) is 2.01. The second-order valence-electron chi connectivity index (χ2n) is 5.37. The number of methoxy groups -OCH3 is 1. The van der Waals surface area contributed by atoms with Crippen LogP contribution in [0.25, 0.3) is 0 Å². The quantitative estimate of drug-likeness (QED) is 0.873. The molecule has 0 saturated heterocycles. The monoisotopic (exact) mass is 335 g/mol. The van der Waals surface area contributed by atoms with Crippen LogP contribution in [0, 0.1) is 6.92 Å². The van der Waals surface area contributed by atoms with Gasteiger partial charge in [-0.3, -0.25) is 0 Å². The standard InChI is InChI=1S/C16H21N3O3S/c1-12-9-14(5-6-15(12)22-4)23(20,21)18-11-13-7-8-17-16(10-13)19(2)3/h5-10,18H,11H2,1-4H3. The Bertz CT molecular complexity index is 789. The first kappa shape index (κ1) is 17.2. The van der Waals surface area contributed by atoms with Crippen molar-refractivity contribution < 1.29 is 13.2 Å². The first-order chi connectivity index (χ1) is 10.8. The van der Waals surface area contributed by atoms with E-state index >= 15 is 0 Å². The fourth-order valence-corrected chi connectivity index (χ4v) is 3.20. The van der Waals surface area contributed by atoms with Gasteiger partial charge in [-0.05, 0) is 48.4 Å². The summed E-state index contributed by atoms with van der Waals surface area (Å²) < 4.78 is 32.6. The normalized spacial score (nSPS) is 11.3. The van der Waals surface area contributed by atoms with Crippen LogP contribution in [0.15, 0.2) is 41.4 Å². The number of anilines is 1. The molecular formula is C16H21N3O3S. The predicted molar refractivity (Wildman–Crippen MR) is 90.3 cm³/mol. The molecule has 6 nitrogen and oxygen atoms in total. The Labute approximate surface area is 137 Å². The van der Waals surface area contributed by atoms with Gasteiger partial charge in [-0.25, -0.2) is 18.1 Å². The molecule has 0 spiro atoms. The molecule has 1 heterocycles. The van der Waals surface area contributed by atoms with E-state index in [0.717, 1.165) is 16.9 Å². The van der Waals surface area contributed by atoms with Gasteiger partial charge in [0.25, 0.3) is 0 Å². The first-order valence-electron chi connectivity index (χ1n) is 7.10. The third-order valence-corrected chi connectivity index (χ3v) is 4.81. The van der Waals surface area contributed by atoms with E-state index < -0.39 is 10.0 Å². The van der Waals surface area contributed by atoms with E-state index in [9.17, 15) is 8.42 Å². The summed E-state index contributed by atoms with van der Waals surface area (Å²) in [5.41, 5.74) is 1.62. The Hall–Kier alpha value is -2.12. The van der Waals surface area contributed by atoms with Crippen LogP contribution in [-0.4, -0.2) is 34.6 Å². The summed E-state index contributed by atoms with van der Waals surface area (Å²) in [7, 11) is 1.75. The number of hydrogen-bond acceptors (Lipinski definition) is 5. The largest absolute Gasteiger partial charge is 0.496 e. The number of ether oxygens (including phenoxy) is 1. The molecule has 0 amide bonds. The second-order valence-corrected chi connectivity index (χ2v) is 7.14. The molecule has 23 heavy (non-hydrogen) atoms. The van der Waals surface area contributed by atoms with Gasteiger partial charge < -0.3 is 9.64 Å². The van der Waals surface area contributed by atoms with E-state index in [2.05, 4.69) is 9.71 Å². The van der Waals surface area contributed by atoms with Crippen LogP contribution < -0.4 is 14.4 Å². The average Bonchev–Trinajstić information content (AvgIpc) is 2.53. The van der Waals surface area contributed by atoms with Crippen LogP contribution in [0.2, 0.25) is 0 Å². The van der Waals surface area contributed by atoms with E-state index in [0.29, 0.717) is 5.75 Å². The Kier molecular flexibility index (Phi) is 5.23. The highest BCUT2D eigenvalue weighted by Gasteiger charge is 2.15. The zero-order valence-electron chi connectivity index (χ0n) is 13.7. The summed E-state index contributed by atoms with van der Waals surface area (Å²) >= 11 is 0. The van der Waals surface area contributed by atoms with Gasteiger partial charge >= 0.3 is 0 Å². The molecule has 0 saturated carbocycles. The maximum Gasteiger partial charge on any atom is 0.240 e. The van der Waals surface area contributed by atoms with Crippen LogP contribution >= 0.6 is 0 Å². The molecule has 0 fully saturated rings. The Morgan fingerprint density at radius 3 is 2.57 bits per heavy atom. The van der Waals surface area contributed by atoms with Gasteiger partial charge in [0.15, 0.2) is 0 Å². The molecule has 0 bridgehead atoms.